The van der Waals surface area contributed by atoms with Crippen LogP contribution in [0.5, 0.6) is 0 Å². The van der Waals surface area contributed by atoms with Gasteiger partial charge in [-0.3, -0.25) is 14.6 Å². The van der Waals surface area contributed by atoms with Gasteiger partial charge in [0.2, 0.25) is 0 Å². The molecule has 1 rings (SSSR count). The van der Waals surface area contributed by atoms with E-state index in [1.807, 2.05) is 26.0 Å². The molecule has 0 spiro atoms. The van der Waals surface area contributed by atoms with Crippen LogP contribution in [0.15, 0.2) is 41.9 Å². The molecule has 31 heavy (non-hydrogen) atoms. The molecule has 1 heterocycles. The van der Waals surface area contributed by atoms with E-state index in [1.165, 1.54) is 11.6 Å². The number of aromatic nitrogens is 1. The third-order valence-electron chi connectivity index (χ3n) is 5.72. The fourth-order valence-electron chi connectivity index (χ4n) is 3.40. The van der Waals surface area contributed by atoms with Crippen LogP contribution in [0.2, 0.25) is 0 Å². The standard InChI is InChI=1S/C26H38FNO3/c1-20(11-8-12-22(27)19-23-13-5-6-18-28-23)9-7-10-21(2)14-15-24(29)26(3,4)17-16-25(30)31/h5-6,11,13,18-19,21H,7-10,12,14-17H2,1-4H3,(H,30,31). The number of carbonyl (C=O) groups is 2. The number of hydrogen-bond acceptors (Lipinski definition) is 3. The van der Waals surface area contributed by atoms with Crippen molar-refractivity contribution in [2.45, 2.75) is 85.5 Å². The first-order valence-electron chi connectivity index (χ1n) is 11.3. The van der Waals surface area contributed by atoms with Crippen LogP contribution in [-0.2, 0) is 9.59 Å². The van der Waals surface area contributed by atoms with Crippen LogP contribution in [0, 0.1) is 11.3 Å². The Morgan fingerprint density at radius 3 is 2.55 bits per heavy atom. The quantitative estimate of drug-likeness (QED) is 0.299. The average Bonchev–Trinajstić information content (AvgIpc) is 2.71. The van der Waals surface area contributed by atoms with Gasteiger partial charge in [0.25, 0.3) is 0 Å². The minimum Gasteiger partial charge on any atom is -0.481 e. The molecule has 0 aromatic carbocycles. The Balaban J connectivity index is 2.25. The Labute approximate surface area is 186 Å². The van der Waals surface area contributed by atoms with E-state index in [4.69, 9.17) is 5.11 Å². The number of hydrogen-bond donors (Lipinski definition) is 1. The lowest BCUT2D eigenvalue weighted by atomic mass is 9.80. The molecule has 1 aromatic rings. The minimum absolute atomic E-state index is 0.0305. The molecule has 5 heteroatoms. The van der Waals surface area contributed by atoms with Crippen molar-refractivity contribution in [2.75, 3.05) is 0 Å². The third kappa shape index (κ3) is 12.2. The lowest BCUT2D eigenvalue weighted by Crippen LogP contribution is -2.25. The minimum atomic E-state index is -0.857. The molecular weight excluding hydrogens is 393 g/mol. The fourth-order valence-corrected chi connectivity index (χ4v) is 3.40. The number of allylic oxidation sites excluding steroid dienone is 3. The van der Waals surface area contributed by atoms with E-state index >= 15 is 0 Å². The number of carboxylic acids is 1. The fraction of sp³-hybridized carbons (Fsp3) is 0.577. The van der Waals surface area contributed by atoms with E-state index < -0.39 is 11.4 Å². The highest BCUT2D eigenvalue weighted by Gasteiger charge is 2.27. The Morgan fingerprint density at radius 2 is 1.90 bits per heavy atom. The van der Waals surface area contributed by atoms with Crippen molar-refractivity contribution in [1.29, 1.82) is 0 Å². The van der Waals surface area contributed by atoms with E-state index in [1.54, 1.807) is 12.3 Å². The maximum Gasteiger partial charge on any atom is 0.303 e. The molecule has 4 nitrogen and oxygen atoms in total. The topological polar surface area (TPSA) is 67.3 Å². The van der Waals surface area contributed by atoms with Crippen molar-refractivity contribution in [3.63, 3.8) is 0 Å². The third-order valence-corrected chi connectivity index (χ3v) is 5.72. The molecule has 1 unspecified atom stereocenters. The van der Waals surface area contributed by atoms with Gasteiger partial charge in [0.15, 0.2) is 0 Å². The van der Waals surface area contributed by atoms with Gasteiger partial charge in [0.1, 0.15) is 11.6 Å². The molecule has 1 aromatic heterocycles. The normalized spacial score (nSPS) is 13.8. The van der Waals surface area contributed by atoms with Crippen LogP contribution >= 0.6 is 0 Å². The molecule has 1 N–H and O–H groups in total. The highest BCUT2D eigenvalue weighted by molar-refractivity contribution is 5.84. The maximum atomic E-state index is 14.0. The Kier molecular flexibility index (Phi) is 12.0. The molecule has 172 valence electrons. The van der Waals surface area contributed by atoms with E-state index in [9.17, 15) is 14.0 Å². The van der Waals surface area contributed by atoms with Gasteiger partial charge in [-0.05, 0) is 63.2 Å². The van der Waals surface area contributed by atoms with Crippen molar-refractivity contribution in [1.82, 2.24) is 4.98 Å². The van der Waals surface area contributed by atoms with E-state index in [2.05, 4.69) is 24.9 Å². The molecule has 0 bridgehead atoms. The lowest BCUT2D eigenvalue weighted by molar-refractivity contribution is -0.138. The van der Waals surface area contributed by atoms with Gasteiger partial charge < -0.3 is 5.11 Å². The largest absolute Gasteiger partial charge is 0.481 e. The Hall–Kier alpha value is -2.30. The van der Waals surface area contributed by atoms with Crippen molar-refractivity contribution in [3.05, 3.63) is 47.6 Å². The lowest BCUT2D eigenvalue weighted by Gasteiger charge is -2.23. The number of aliphatic carboxylic acids is 1. The van der Waals surface area contributed by atoms with Crippen LogP contribution in [0.25, 0.3) is 6.08 Å². The zero-order chi connectivity index (χ0) is 23.3. The summed E-state index contributed by atoms with van der Waals surface area (Å²) >= 11 is 0. The summed E-state index contributed by atoms with van der Waals surface area (Å²) in [7, 11) is 0. The molecule has 0 aliphatic rings. The molecule has 1 atom stereocenters. The summed E-state index contributed by atoms with van der Waals surface area (Å²) in [5.41, 5.74) is 1.33. The molecule has 0 fully saturated rings. The summed E-state index contributed by atoms with van der Waals surface area (Å²) in [4.78, 5) is 27.3. The predicted molar refractivity (Wildman–Crippen MR) is 124 cm³/mol. The average molecular weight is 432 g/mol. The number of carbonyl (C=O) groups excluding carboxylic acids is 1. The van der Waals surface area contributed by atoms with Gasteiger partial charge in [-0.25, -0.2) is 4.39 Å². The number of carboxylic acid groups (broad SMARTS) is 1. The molecule has 0 saturated heterocycles. The van der Waals surface area contributed by atoms with Crippen LogP contribution in [0.1, 0.15) is 91.2 Å². The van der Waals surface area contributed by atoms with Crippen LogP contribution in [0.3, 0.4) is 0 Å². The number of Topliss-reactive ketones (excluding diaryl/α,β-unsaturated/α-hetero) is 1. The van der Waals surface area contributed by atoms with Crippen molar-refractivity contribution >= 4 is 17.8 Å². The van der Waals surface area contributed by atoms with E-state index in [-0.39, 0.29) is 18.0 Å². The molecule has 0 aliphatic heterocycles. The summed E-state index contributed by atoms with van der Waals surface area (Å²) in [6.45, 7) is 7.92. The van der Waals surface area contributed by atoms with Gasteiger partial charge in [-0.15, -0.1) is 0 Å². The summed E-state index contributed by atoms with van der Waals surface area (Å²) in [6.07, 6.45) is 11.1. The first-order chi connectivity index (χ1) is 14.6. The molecule has 0 amide bonds. The molecule has 0 radical (unpaired) electrons. The van der Waals surface area contributed by atoms with Crippen molar-refractivity contribution in [3.8, 4) is 0 Å². The summed E-state index contributed by atoms with van der Waals surface area (Å²) in [5, 5.41) is 8.82. The molecule has 0 aliphatic carbocycles. The van der Waals surface area contributed by atoms with Crippen molar-refractivity contribution in [2.24, 2.45) is 11.3 Å². The first kappa shape index (κ1) is 26.7. The van der Waals surface area contributed by atoms with Crippen molar-refractivity contribution < 1.29 is 19.1 Å². The number of nitrogens with zero attached hydrogens (tertiary/aromatic N) is 1. The first-order valence-corrected chi connectivity index (χ1v) is 11.3. The Bertz CT molecular complexity index is 753. The predicted octanol–water partition coefficient (Wildman–Crippen LogP) is 7.17. The number of pyridine rings is 1. The molecular formula is C26H38FNO3. The second-order valence-corrected chi connectivity index (χ2v) is 9.17. The number of halogens is 1. The highest BCUT2D eigenvalue weighted by Crippen LogP contribution is 2.27. The zero-order valence-electron chi connectivity index (χ0n) is 19.5. The van der Waals surface area contributed by atoms with E-state index in [0.717, 1.165) is 25.7 Å². The summed E-state index contributed by atoms with van der Waals surface area (Å²) in [6, 6.07) is 5.43. The molecule has 0 saturated carbocycles. The van der Waals surface area contributed by atoms with Gasteiger partial charge >= 0.3 is 5.97 Å². The van der Waals surface area contributed by atoms with E-state index in [0.29, 0.717) is 37.3 Å². The second-order valence-electron chi connectivity index (χ2n) is 9.17. The zero-order valence-corrected chi connectivity index (χ0v) is 19.5. The van der Waals surface area contributed by atoms with Gasteiger partial charge in [-0.1, -0.05) is 44.9 Å². The summed E-state index contributed by atoms with van der Waals surface area (Å²) in [5.74, 6) is -0.416. The number of rotatable bonds is 15. The van der Waals surface area contributed by atoms with Gasteiger partial charge in [0.05, 0.1) is 5.69 Å². The summed E-state index contributed by atoms with van der Waals surface area (Å²) < 4.78 is 14.0. The van der Waals surface area contributed by atoms with Gasteiger partial charge in [-0.2, -0.15) is 0 Å². The smallest absolute Gasteiger partial charge is 0.303 e. The highest BCUT2D eigenvalue weighted by atomic mass is 19.1. The second kappa shape index (κ2) is 13.9. The van der Waals surface area contributed by atoms with Crippen LogP contribution in [-0.4, -0.2) is 21.8 Å². The monoisotopic (exact) mass is 431 g/mol. The SMILES string of the molecule is CC(=CCCC(F)=Cc1ccccn1)CCCC(C)CCC(=O)C(C)(C)CCC(=O)O. The van der Waals surface area contributed by atoms with Crippen LogP contribution in [0.4, 0.5) is 4.39 Å². The Morgan fingerprint density at radius 1 is 1.16 bits per heavy atom. The number of ketones is 1. The maximum absolute atomic E-state index is 14.0. The van der Waals surface area contributed by atoms with Gasteiger partial charge in [0, 0.05) is 30.9 Å². The van der Waals surface area contributed by atoms with Crippen LogP contribution < -0.4 is 0 Å².